The van der Waals surface area contributed by atoms with E-state index in [0.29, 0.717) is 23.4 Å². The number of benzene rings is 3. The first-order valence-electron chi connectivity index (χ1n) is 12.1. The quantitative estimate of drug-likeness (QED) is 0.143. The minimum absolute atomic E-state index is 0.138. The maximum atomic E-state index is 13.3. The van der Waals surface area contributed by atoms with Gasteiger partial charge in [-0.05, 0) is 48.4 Å². The Morgan fingerprint density at radius 1 is 1.10 bits per heavy atom. The van der Waals surface area contributed by atoms with E-state index in [-0.39, 0.29) is 20.8 Å². The molecule has 6 nitrogen and oxygen atoms in total. The predicted molar refractivity (Wildman–Crippen MR) is 159 cm³/mol. The topological polar surface area (TPSA) is 79.7 Å². The Morgan fingerprint density at radius 2 is 1.85 bits per heavy atom. The van der Waals surface area contributed by atoms with Crippen molar-refractivity contribution in [2.45, 2.75) is 26.0 Å². The van der Waals surface area contributed by atoms with Gasteiger partial charge in [0, 0.05) is 17.4 Å². The van der Waals surface area contributed by atoms with Crippen molar-refractivity contribution >= 4 is 68.8 Å². The molecule has 0 unspecified atom stereocenters. The molecule has 1 aliphatic heterocycles. The lowest BCUT2D eigenvalue weighted by molar-refractivity contribution is -0.145. The molecule has 1 aromatic heterocycles. The fourth-order valence-corrected chi connectivity index (χ4v) is 5.75. The number of thiocarbonyl (C=S) groups is 1. The number of pyridine rings is 1. The SMILES string of the molecule is Cc1ccc(COc2ccc3nc(Cl)c(/C=C4\SC(=S)N([C@@H](Cc5ccccc5)C(=O)O)C4=O)cc3c2)cc1. The van der Waals surface area contributed by atoms with Crippen molar-refractivity contribution in [1.29, 1.82) is 0 Å². The maximum absolute atomic E-state index is 13.3. The van der Waals surface area contributed by atoms with E-state index in [1.807, 2.05) is 85.8 Å². The van der Waals surface area contributed by atoms with E-state index in [1.54, 1.807) is 6.08 Å². The van der Waals surface area contributed by atoms with E-state index in [9.17, 15) is 14.7 Å². The lowest BCUT2D eigenvalue weighted by Crippen LogP contribution is -2.45. The molecule has 39 heavy (non-hydrogen) atoms. The average molecular weight is 575 g/mol. The smallest absolute Gasteiger partial charge is 0.327 e. The summed E-state index contributed by atoms with van der Waals surface area (Å²) in [6.07, 6.45) is 1.74. The predicted octanol–water partition coefficient (Wildman–Crippen LogP) is 6.67. The molecule has 1 atom stereocenters. The number of thioether (sulfide) groups is 1. The summed E-state index contributed by atoms with van der Waals surface area (Å²) < 4.78 is 6.16. The zero-order chi connectivity index (χ0) is 27.5. The molecule has 2 heterocycles. The summed E-state index contributed by atoms with van der Waals surface area (Å²) >= 11 is 12.9. The van der Waals surface area contributed by atoms with Crippen LogP contribution in [0.4, 0.5) is 0 Å². The molecule has 0 radical (unpaired) electrons. The van der Waals surface area contributed by atoms with Crippen LogP contribution in [0.1, 0.15) is 22.3 Å². The van der Waals surface area contributed by atoms with Crippen LogP contribution in [0.2, 0.25) is 5.15 Å². The molecule has 1 saturated heterocycles. The number of amides is 1. The number of ether oxygens (including phenoxy) is 1. The third kappa shape index (κ3) is 6.14. The lowest BCUT2D eigenvalue weighted by atomic mass is 10.0. The van der Waals surface area contributed by atoms with Gasteiger partial charge in [-0.2, -0.15) is 0 Å². The number of aryl methyl sites for hydroxylation is 1. The molecule has 196 valence electrons. The van der Waals surface area contributed by atoms with Crippen molar-refractivity contribution in [2.24, 2.45) is 0 Å². The Labute approximate surface area is 240 Å². The monoisotopic (exact) mass is 574 g/mol. The van der Waals surface area contributed by atoms with Crippen LogP contribution in [-0.4, -0.2) is 37.2 Å². The molecule has 9 heteroatoms. The van der Waals surface area contributed by atoms with Gasteiger partial charge in [0.05, 0.1) is 10.4 Å². The van der Waals surface area contributed by atoms with Gasteiger partial charge >= 0.3 is 5.97 Å². The van der Waals surface area contributed by atoms with E-state index in [2.05, 4.69) is 4.98 Å². The van der Waals surface area contributed by atoms with Crippen LogP contribution in [0.3, 0.4) is 0 Å². The Kier molecular flexibility index (Phi) is 7.97. The summed E-state index contributed by atoms with van der Waals surface area (Å²) in [7, 11) is 0. The fraction of sp³-hybridized carbons (Fsp3) is 0.133. The Balaban J connectivity index is 1.39. The molecule has 4 aromatic rings. The maximum Gasteiger partial charge on any atom is 0.327 e. The number of carbonyl (C=O) groups is 2. The van der Waals surface area contributed by atoms with Crippen LogP contribution in [-0.2, 0) is 22.6 Å². The lowest BCUT2D eigenvalue weighted by Gasteiger charge is -2.23. The Morgan fingerprint density at radius 3 is 2.56 bits per heavy atom. The van der Waals surface area contributed by atoms with Gasteiger partial charge in [0.15, 0.2) is 0 Å². The zero-order valence-corrected chi connectivity index (χ0v) is 23.2. The van der Waals surface area contributed by atoms with E-state index >= 15 is 0 Å². The highest BCUT2D eigenvalue weighted by Gasteiger charge is 2.40. The third-order valence-corrected chi connectivity index (χ3v) is 7.90. The minimum Gasteiger partial charge on any atom is -0.489 e. The molecule has 0 bridgehead atoms. The number of fused-ring (bicyclic) bond motifs is 1. The van der Waals surface area contributed by atoms with Crippen LogP contribution < -0.4 is 4.74 Å². The number of carboxylic acids is 1. The number of carbonyl (C=O) groups excluding carboxylic acids is 1. The number of halogens is 1. The Hall–Kier alpha value is -3.72. The van der Waals surface area contributed by atoms with Crippen molar-refractivity contribution in [1.82, 2.24) is 9.88 Å². The highest BCUT2D eigenvalue weighted by molar-refractivity contribution is 8.26. The van der Waals surface area contributed by atoms with Crippen LogP contribution in [0.5, 0.6) is 5.75 Å². The summed E-state index contributed by atoms with van der Waals surface area (Å²) in [5, 5.41) is 10.9. The Bertz CT molecular complexity index is 1610. The van der Waals surface area contributed by atoms with Gasteiger partial charge in [0.2, 0.25) is 0 Å². The summed E-state index contributed by atoms with van der Waals surface area (Å²) in [6, 6.07) is 23.5. The largest absolute Gasteiger partial charge is 0.489 e. The van der Waals surface area contributed by atoms with Crippen molar-refractivity contribution in [2.75, 3.05) is 0 Å². The third-order valence-electron chi connectivity index (χ3n) is 6.27. The molecule has 0 saturated carbocycles. The van der Waals surface area contributed by atoms with Crippen LogP contribution >= 0.6 is 35.6 Å². The molecule has 0 aliphatic carbocycles. The number of nitrogens with zero attached hydrogens (tertiary/aromatic N) is 2. The second-order valence-electron chi connectivity index (χ2n) is 9.09. The van der Waals surface area contributed by atoms with Gasteiger partial charge in [-0.25, -0.2) is 9.78 Å². The van der Waals surface area contributed by atoms with E-state index in [0.717, 1.165) is 28.3 Å². The number of hydrogen-bond donors (Lipinski definition) is 1. The van der Waals surface area contributed by atoms with Crippen LogP contribution in [0.25, 0.3) is 17.0 Å². The average Bonchev–Trinajstić information content (AvgIpc) is 3.20. The normalized spacial score (nSPS) is 15.2. The summed E-state index contributed by atoms with van der Waals surface area (Å²) in [6.45, 7) is 2.47. The number of aliphatic carboxylic acids is 1. The molecular weight excluding hydrogens is 552 g/mol. The molecule has 0 spiro atoms. The molecule has 3 aromatic carbocycles. The number of aromatic nitrogens is 1. The number of hydrogen-bond acceptors (Lipinski definition) is 6. The van der Waals surface area contributed by atoms with Gasteiger partial charge in [0.25, 0.3) is 5.91 Å². The van der Waals surface area contributed by atoms with Gasteiger partial charge < -0.3 is 9.84 Å². The highest BCUT2D eigenvalue weighted by Crippen LogP contribution is 2.36. The summed E-state index contributed by atoms with van der Waals surface area (Å²) in [5.41, 5.74) is 4.25. The molecular formula is C30H23ClN2O4S2. The number of rotatable bonds is 8. The second kappa shape index (κ2) is 11.6. The fourth-order valence-electron chi connectivity index (χ4n) is 4.21. The molecule has 1 N–H and O–H groups in total. The molecule has 1 fully saturated rings. The first-order valence-corrected chi connectivity index (χ1v) is 13.7. The zero-order valence-electron chi connectivity index (χ0n) is 20.8. The molecule has 5 rings (SSSR count). The van der Waals surface area contributed by atoms with Gasteiger partial charge in [-0.3, -0.25) is 9.69 Å². The molecule has 1 aliphatic rings. The van der Waals surface area contributed by atoms with Gasteiger partial charge in [-0.1, -0.05) is 95.7 Å². The second-order valence-corrected chi connectivity index (χ2v) is 11.1. The first-order chi connectivity index (χ1) is 18.8. The highest BCUT2D eigenvalue weighted by atomic mass is 35.5. The van der Waals surface area contributed by atoms with Crippen molar-refractivity contribution in [3.05, 3.63) is 111 Å². The van der Waals surface area contributed by atoms with Crippen LogP contribution in [0.15, 0.2) is 83.8 Å². The van der Waals surface area contributed by atoms with E-state index in [1.165, 1.54) is 10.5 Å². The first kappa shape index (κ1) is 26.9. The molecule has 1 amide bonds. The van der Waals surface area contributed by atoms with Gasteiger partial charge in [-0.15, -0.1) is 0 Å². The van der Waals surface area contributed by atoms with E-state index in [4.69, 9.17) is 28.6 Å². The van der Waals surface area contributed by atoms with Crippen molar-refractivity contribution < 1.29 is 19.4 Å². The van der Waals surface area contributed by atoms with E-state index < -0.39 is 17.9 Å². The minimum atomic E-state index is -1.13. The van der Waals surface area contributed by atoms with Crippen molar-refractivity contribution in [3.63, 3.8) is 0 Å². The van der Waals surface area contributed by atoms with Crippen LogP contribution in [0, 0.1) is 6.92 Å². The number of carboxylic acid groups (broad SMARTS) is 1. The van der Waals surface area contributed by atoms with Crippen molar-refractivity contribution in [3.8, 4) is 5.75 Å². The van der Waals surface area contributed by atoms with Gasteiger partial charge in [0.1, 0.15) is 27.9 Å². The standard InChI is InChI=1S/C30H23ClN2O4S2/c1-18-7-9-20(10-8-18)17-37-23-11-12-24-21(15-23)14-22(27(31)32-24)16-26-28(34)33(30(38)39-26)25(29(35)36)13-19-5-3-2-4-6-19/h2-12,14-16,25H,13,17H2,1H3,(H,35,36)/b26-16-/t25-/m0/s1. The summed E-state index contributed by atoms with van der Waals surface area (Å²) in [5.74, 6) is -0.922. The summed E-state index contributed by atoms with van der Waals surface area (Å²) in [4.78, 5) is 31.4.